The highest BCUT2D eigenvalue weighted by Gasteiger charge is 2.21. The van der Waals surface area contributed by atoms with E-state index in [-0.39, 0.29) is 5.91 Å². The van der Waals surface area contributed by atoms with E-state index in [2.05, 4.69) is 14.9 Å². The Morgan fingerprint density at radius 2 is 2.00 bits per heavy atom. The summed E-state index contributed by atoms with van der Waals surface area (Å²) in [5.41, 5.74) is 1.21. The largest absolute Gasteiger partial charge is 0.467 e. The van der Waals surface area contributed by atoms with Crippen molar-refractivity contribution in [2.24, 2.45) is 0 Å². The Hall–Kier alpha value is -2.70. The summed E-state index contributed by atoms with van der Waals surface area (Å²) < 4.78 is 18.5. The van der Waals surface area contributed by atoms with Gasteiger partial charge in [0.25, 0.3) is 5.91 Å². The molecule has 7 heteroatoms. The summed E-state index contributed by atoms with van der Waals surface area (Å²) in [6, 6.07) is 8.07. The molecule has 0 saturated carbocycles. The number of hydrogen-bond donors (Lipinski definition) is 0. The Balaban J connectivity index is 1.72. The van der Waals surface area contributed by atoms with Crippen molar-refractivity contribution in [2.45, 2.75) is 13.3 Å². The number of aromatic nitrogens is 2. The molecule has 1 amide bonds. The summed E-state index contributed by atoms with van der Waals surface area (Å²) in [4.78, 5) is 25.1. The second kappa shape index (κ2) is 7.46. The fourth-order valence-electron chi connectivity index (χ4n) is 2.93. The summed E-state index contributed by atoms with van der Waals surface area (Å²) >= 11 is 0. The average Bonchev–Trinajstić information content (AvgIpc) is 2.86. The lowest BCUT2D eigenvalue weighted by molar-refractivity contribution is 0.0766. The molecular formula is C18H21FN4O2. The Morgan fingerprint density at radius 1 is 1.16 bits per heavy atom. The van der Waals surface area contributed by atoms with Gasteiger partial charge in [-0.05, 0) is 31.5 Å². The molecule has 0 atom stereocenters. The fourth-order valence-corrected chi connectivity index (χ4v) is 2.93. The van der Waals surface area contributed by atoms with Crippen molar-refractivity contribution in [3.8, 4) is 6.01 Å². The van der Waals surface area contributed by atoms with Gasteiger partial charge in [-0.25, -0.2) is 9.37 Å². The first-order chi connectivity index (χ1) is 12.1. The number of benzene rings is 1. The Morgan fingerprint density at radius 3 is 2.76 bits per heavy atom. The molecule has 6 nitrogen and oxygen atoms in total. The van der Waals surface area contributed by atoms with Crippen molar-refractivity contribution in [3.05, 3.63) is 47.4 Å². The van der Waals surface area contributed by atoms with Crippen molar-refractivity contribution in [2.75, 3.05) is 38.2 Å². The summed E-state index contributed by atoms with van der Waals surface area (Å²) in [5.74, 6) is 0.257. The van der Waals surface area contributed by atoms with E-state index in [1.54, 1.807) is 24.1 Å². The molecule has 0 N–H and O–H groups in total. The van der Waals surface area contributed by atoms with Gasteiger partial charge in [0.15, 0.2) is 0 Å². The number of carbonyl (C=O) groups excluding carboxylic acids is 1. The highest BCUT2D eigenvalue weighted by atomic mass is 19.1. The van der Waals surface area contributed by atoms with Gasteiger partial charge < -0.3 is 14.5 Å². The molecule has 0 unspecified atom stereocenters. The predicted molar refractivity (Wildman–Crippen MR) is 92.5 cm³/mol. The molecule has 2 heterocycles. The molecule has 1 fully saturated rings. The summed E-state index contributed by atoms with van der Waals surface area (Å²) in [6.07, 6.45) is 0.812. The van der Waals surface area contributed by atoms with Crippen LogP contribution in [0.1, 0.15) is 22.5 Å². The van der Waals surface area contributed by atoms with E-state index in [1.165, 1.54) is 12.1 Å². The van der Waals surface area contributed by atoms with Crippen LogP contribution >= 0.6 is 0 Å². The van der Waals surface area contributed by atoms with E-state index in [0.717, 1.165) is 24.5 Å². The first-order valence-corrected chi connectivity index (χ1v) is 8.26. The van der Waals surface area contributed by atoms with Gasteiger partial charge >= 0.3 is 6.01 Å². The molecule has 0 radical (unpaired) electrons. The third kappa shape index (κ3) is 4.04. The van der Waals surface area contributed by atoms with E-state index in [0.29, 0.717) is 31.2 Å². The number of rotatable bonds is 3. The summed E-state index contributed by atoms with van der Waals surface area (Å²) in [7, 11) is 1.54. The average molecular weight is 344 g/mol. The first kappa shape index (κ1) is 17.1. The summed E-state index contributed by atoms with van der Waals surface area (Å²) in [5, 5.41) is 0. The Bertz CT molecular complexity index is 768. The van der Waals surface area contributed by atoms with Crippen LogP contribution in [0.3, 0.4) is 0 Å². The lowest BCUT2D eigenvalue weighted by Gasteiger charge is -2.23. The number of amides is 1. The predicted octanol–water partition coefficient (Wildman–Crippen LogP) is 2.29. The minimum Gasteiger partial charge on any atom is -0.467 e. The van der Waals surface area contributed by atoms with Crippen LogP contribution in [0.5, 0.6) is 6.01 Å². The number of carbonyl (C=O) groups is 1. The topological polar surface area (TPSA) is 58.6 Å². The minimum absolute atomic E-state index is 0.141. The van der Waals surface area contributed by atoms with E-state index in [9.17, 15) is 9.18 Å². The molecule has 132 valence electrons. The normalized spacial score (nSPS) is 15.0. The molecule has 1 saturated heterocycles. The number of nitrogens with zero attached hydrogens (tertiary/aromatic N) is 4. The van der Waals surface area contributed by atoms with Crippen molar-refractivity contribution in [3.63, 3.8) is 0 Å². The Kier molecular flexibility index (Phi) is 5.11. The van der Waals surface area contributed by atoms with Gasteiger partial charge in [0.05, 0.1) is 7.11 Å². The molecule has 1 aliphatic rings. The van der Waals surface area contributed by atoms with Crippen molar-refractivity contribution in [1.82, 2.24) is 14.9 Å². The zero-order valence-electron chi connectivity index (χ0n) is 14.4. The molecule has 2 aromatic rings. The third-order valence-corrected chi connectivity index (χ3v) is 4.18. The summed E-state index contributed by atoms with van der Waals surface area (Å²) in [6.45, 7) is 4.52. The molecular weight excluding hydrogens is 323 g/mol. The number of hydrogen-bond acceptors (Lipinski definition) is 5. The molecule has 25 heavy (non-hydrogen) atoms. The zero-order valence-corrected chi connectivity index (χ0v) is 14.4. The highest BCUT2D eigenvalue weighted by molar-refractivity contribution is 5.94. The lowest BCUT2D eigenvalue weighted by Crippen LogP contribution is -2.35. The van der Waals surface area contributed by atoms with Gasteiger partial charge in [-0.15, -0.1) is 0 Å². The van der Waals surface area contributed by atoms with Gasteiger partial charge in [0, 0.05) is 43.5 Å². The van der Waals surface area contributed by atoms with E-state index < -0.39 is 5.82 Å². The van der Waals surface area contributed by atoms with Crippen LogP contribution in [0.15, 0.2) is 30.3 Å². The van der Waals surface area contributed by atoms with Gasteiger partial charge in [0.1, 0.15) is 11.6 Å². The van der Waals surface area contributed by atoms with Gasteiger partial charge in [-0.3, -0.25) is 4.79 Å². The number of ether oxygens (including phenoxy) is 1. The van der Waals surface area contributed by atoms with Crippen LogP contribution in [0.4, 0.5) is 10.2 Å². The van der Waals surface area contributed by atoms with Gasteiger partial charge in [-0.2, -0.15) is 4.98 Å². The first-order valence-electron chi connectivity index (χ1n) is 8.26. The van der Waals surface area contributed by atoms with Crippen LogP contribution in [0.25, 0.3) is 0 Å². The van der Waals surface area contributed by atoms with Crippen LogP contribution < -0.4 is 9.64 Å². The van der Waals surface area contributed by atoms with Crippen molar-refractivity contribution < 1.29 is 13.9 Å². The highest BCUT2D eigenvalue weighted by Crippen LogP contribution is 2.18. The van der Waals surface area contributed by atoms with Crippen LogP contribution in [-0.4, -0.2) is 54.1 Å². The van der Waals surface area contributed by atoms with Crippen LogP contribution in [-0.2, 0) is 0 Å². The third-order valence-electron chi connectivity index (χ3n) is 4.18. The molecule has 3 rings (SSSR count). The quantitative estimate of drug-likeness (QED) is 0.855. The van der Waals surface area contributed by atoms with Crippen LogP contribution in [0.2, 0.25) is 0 Å². The molecule has 0 bridgehead atoms. The molecule has 1 aromatic heterocycles. The second-order valence-electron chi connectivity index (χ2n) is 6.00. The molecule has 0 aliphatic carbocycles. The van der Waals surface area contributed by atoms with Crippen molar-refractivity contribution in [1.29, 1.82) is 0 Å². The number of methoxy groups -OCH3 is 1. The molecule has 0 spiro atoms. The van der Waals surface area contributed by atoms with E-state index in [1.807, 2.05) is 13.0 Å². The number of aryl methyl sites for hydroxylation is 1. The van der Waals surface area contributed by atoms with Gasteiger partial charge in [0.2, 0.25) is 0 Å². The molecule has 1 aromatic carbocycles. The minimum atomic E-state index is -0.397. The SMILES string of the molecule is COc1nc(C)cc(N2CCCN(C(=O)c3cccc(F)c3)CC2)n1. The van der Waals surface area contributed by atoms with Gasteiger partial charge in [-0.1, -0.05) is 6.07 Å². The maximum absolute atomic E-state index is 13.4. The van der Waals surface area contributed by atoms with Crippen LogP contribution in [0, 0.1) is 12.7 Å². The smallest absolute Gasteiger partial charge is 0.318 e. The second-order valence-corrected chi connectivity index (χ2v) is 6.00. The number of anilines is 1. The van der Waals surface area contributed by atoms with E-state index >= 15 is 0 Å². The molecule has 1 aliphatic heterocycles. The maximum Gasteiger partial charge on any atom is 0.318 e. The lowest BCUT2D eigenvalue weighted by atomic mass is 10.2. The van der Waals surface area contributed by atoms with E-state index in [4.69, 9.17) is 4.74 Å². The Labute approximate surface area is 146 Å². The maximum atomic E-state index is 13.4. The monoisotopic (exact) mass is 344 g/mol. The van der Waals surface area contributed by atoms with Crippen molar-refractivity contribution >= 4 is 11.7 Å². The standard InChI is InChI=1S/C18H21FN4O2/c1-13-11-16(21-18(20-13)25-2)22-7-4-8-23(10-9-22)17(24)14-5-3-6-15(19)12-14/h3,5-6,11-12H,4,7-10H2,1-2H3. The zero-order chi connectivity index (χ0) is 17.8. The number of halogens is 1. The fraction of sp³-hybridized carbons (Fsp3) is 0.389.